The lowest BCUT2D eigenvalue weighted by atomic mass is 10.0. The van der Waals surface area contributed by atoms with Gasteiger partial charge in [0, 0.05) is 12.2 Å². The molecule has 3 aromatic rings. The lowest BCUT2D eigenvalue weighted by Gasteiger charge is -2.31. The maximum Gasteiger partial charge on any atom is 0.277 e. The highest BCUT2D eigenvalue weighted by molar-refractivity contribution is 8.00. The lowest BCUT2D eigenvalue weighted by Crippen LogP contribution is -2.40. The van der Waals surface area contributed by atoms with E-state index in [4.69, 9.17) is 9.15 Å². The van der Waals surface area contributed by atoms with Gasteiger partial charge in [0.1, 0.15) is 5.75 Å². The molecule has 0 radical (unpaired) electrons. The average Bonchev–Trinajstić information content (AvgIpc) is 3.21. The van der Waals surface area contributed by atoms with Crippen LogP contribution in [-0.4, -0.2) is 35.0 Å². The molecule has 1 aliphatic heterocycles. The van der Waals surface area contributed by atoms with Gasteiger partial charge in [-0.2, -0.15) is 0 Å². The van der Waals surface area contributed by atoms with Crippen molar-refractivity contribution in [2.75, 3.05) is 18.6 Å². The Morgan fingerprint density at radius 1 is 1.18 bits per heavy atom. The summed E-state index contributed by atoms with van der Waals surface area (Å²) in [5.74, 6) is 1.09. The van der Waals surface area contributed by atoms with Gasteiger partial charge in [0.25, 0.3) is 11.1 Å². The van der Waals surface area contributed by atoms with E-state index in [0.717, 1.165) is 30.6 Å². The number of rotatable bonds is 5. The molecule has 6 nitrogen and oxygen atoms in total. The quantitative estimate of drug-likeness (QED) is 0.603. The van der Waals surface area contributed by atoms with Gasteiger partial charge in [-0.3, -0.25) is 4.79 Å². The van der Waals surface area contributed by atoms with Crippen LogP contribution in [0.5, 0.6) is 5.75 Å². The summed E-state index contributed by atoms with van der Waals surface area (Å²) in [6, 6.07) is 15.6. The number of anilines is 1. The number of thioether (sulfide) groups is 1. The molecule has 28 heavy (non-hydrogen) atoms. The van der Waals surface area contributed by atoms with Gasteiger partial charge in [-0.05, 0) is 43.5 Å². The molecule has 0 saturated carbocycles. The highest BCUT2D eigenvalue weighted by atomic mass is 32.2. The van der Waals surface area contributed by atoms with Crippen molar-refractivity contribution in [3.05, 3.63) is 54.1 Å². The number of methoxy groups -OCH3 is 1. The number of hydrogen-bond donors (Lipinski definition) is 0. The first-order valence-electron chi connectivity index (χ1n) is 9.20. The molecule has 1 unspecified atom stereocenters. The summed E-state index contributed by atoms with van der Waals surface area (Å²) in [5.41, 5.74) is 2.95. The topological polar surface area (TPSA) is 68.5 Å². The third-order valence-electron chi connectivity index (χ3n) is 4.75. The van der Waals surface area contributed by atoms with Crippen LogP contribution >= 0.6 is 11.8 Å². The second-order valence-corrected chi connectivity index (χ2v) is 7.85. The van der Waals surface area contributed by atoms with Gasteiger partial charge in [0.15, 0.2) is 0 Å². The van der Waals surface area contributed by atoms with Crippen molar-refractivity contribution < 1.29 is 13.9 Å². The minimum atomic E-state index is -0.336. The van der Waals surface area contributed by atoms with E-state index in [1.165, 1.54) is 17.3 Å². The minimum absolute atomic E-state index is 0.0502. The number of benzene rings is 2. The zero-order valence-electron chi connectivity index (χ0n) is 15.8. The second kappa shape index (κ2) is 8.06. The van der Waals surface area contributed by atoms with E-state index < -0.39 is 0 Å². The van der Waals surface area contributed by atoms with Gasteiger partial charge in [0.2, 0.25) is 5.91 Å². The number of amides is 1. The van der Waals surface area contributed by atoms with Crippen LogP contribution in [0.3, 0.4) is 0 Å². The highest BCUT2D eigenvalue weighted by Crippen LogP contribution is 2.33. The molecular weight excluding hydrogens is 374 g/mol. The molecule has 0 aliphatic carbocycles. The molecule has 0 bridgehead atoms. The molecule has 7 heteroatoms. The molecule has 0 spiro atoms. The Hall–Kier alpha value is -2.80. The first-order chi connectivity index (χ1) is 13.7. The minimum Gasteiger partial charge on any atom is -0.496 e. The normalized spacial score (nSPS) is 14.4. The van der Waals surface area contributed by atoms with Crippen molar-refractivity contribution in [2.24, 2.45) is 0 Å². The Labute approximate surface area is 167 Å². The van der Waals surface area contributed by atoms with E-state index in [1.807, 2.05) is 54.3 Å². The number of ether oxygens (including phenoxy) is 1. The fraction of sp³-hybridized carbons (Fsp3) is 0.286. The fourth-order valence-electron chi connectivity index (χ4n) is 3.37. The van der Waals surface area contributed by atoms with Crippen molar-refractivity contribution in [2.45, 2.75) is 30.2 Å². The van der Waals surface area contributed by atoms with Gasteiger partial charge >= 0.3 is 0 Å². The predicted octanol–water partition coefficient (Wildman–Crippen LogP) is 4.21. The number of aromatic nitrogens is 2. The third-order valence-corrected chi connectivity index (χ3v) is 5.67. The maximum atomic E-state index is 13.0. The van der Waals surface area contributed by atoms with Crippen LogP contribution in [0.1, 0.15) is 18.9 Å². The lowest BCUT2D eigenvalue weighted by molar-refractivity contribution is -0.117. The Kier molecular flexibility index (Phi) is 5.34. The van der Waals surface area contributed by atoms with E-state index in [-0.39, 0.29) is 11.2 Å². The Morgan fingerprint density at radius 3 is 2.82 bits per heavy atom. The van der Waals surface area contributed by atoms with Gasteiger partial charge in [0.05, 0.1) is 17.9 Å². The average molecular weight is 395 g/mol. The number of nitrogens with zero attached hydrogens (tertiary/aromatic N) is 3. The van der Waals surface area contributed by atoms with Gasteiger partial charge in [-0.15, -0.1) is 10.2 Å². The smallest absolute Gasteiger partial charge is 0.277 e. The van der Waals surface area contributed by atoms with E-state index in [9.17, 15) is 4.79 Å². The van der Waals surface area contributed by atoms with Gasteiger partial charge in [-0.25, -0.2) is 0 Å². The summed E-state index contributed by atoms with van der Waals surface area (Å²) in [4.78, 5) is 14.9. The van der Waals surface area contributed by atoms with Crippen molar-refractivity contribution in [3.8, 4) is 17.2 Å². The second-order valence-electron chi connectivity index (χ2n) is 6.56. The number of carbonyl (C=O) groups excluding carboxylic acids is 1. The molecule has 1 atom stereocenters. The van der Waals surface area contributed by atoms with E-state index in [1.54, 1.807) is 7.11 Å². The monoisotopic (exact) mass is 395 g/mol. The van der Waals surface area contributed by atoms with Gasteiger partial charge in [-0.1, -0.05) is 42.1 Å². The van der Waals surface area contributed by atoms with E-state index >= 15 is 0 Å². The first kappa shape index (κ1) is 18.6. The van der Waals surface area contributed by atoms with Crippen molar-refractivity contribution in [3.63, 3.8) is 0 Å². The van der Waals surface area contributed by atoms with Crippen LogP contribution in [0.25, 0.3) is 11.5 Å². The summed E-state index contributed by atoms with van der Waals surface area (Å²) in [5, 5.41) is 8.24. The van der Waals surface area contributed by atoms with Crippen molar-refractivity contribution >= 4 is 23.4 Å². The van der Waals surface area contributed by atoms with Crippen molar-refractivity contribution in [1.29, 1.82) is 0 Å². The van der Waals surface area contributed by atoms with Crippen LogP contribution in [-0.2, 0) is 11.2 Å². The maximum absolute atomic E-state index is 13.0. The van der Waals surface area contributed by atoms with E-state index in [0.29, 0.717) is 16.9 Å². The molecule has 1 aliphatic rings. The van der Waals surface area contributed by atoms with Crippen LogP contribution in [0, 0.1) is 0 Å². The van der Waals surface area contributed by atoms with Crippen molar-refractivity contribution in [1.82, 2.24) is 10.2 Å². The number of fused-ring (bicyclic) bond motifs is 1. The summed E-state index contributed by atoms with van der Waals surface area (Å²) in [6.07, 6.45) is 1.98. The predicted molar refractivity (Wildman–Crippen MR) is 109 cm³/mol. The molecule has 144 valence electrons. The third kappa shape index (κ3) is 3.62. The van der Waals surface area contributed by atoms with Crippen LogP contribution in [0.15, 0.2) is 58.2 Å². The molecule has 0 N–H and O–H groups in total. The largest absolute Gasteiger partial charge is 0.496 e. The molecule has 2 heterocycles. The summed E-state index contributed by atoms with van der Waals surface area (Å²) < 4.78 is 11.1. The molecular formula is C21H21N3O3S. The number of hydrogen-bond acceptors (Lipinski definition) is 6. The van der Waals surface area contributed by atoms with E-state index in [2.05, 4.69) is 16.3 Å². The number of carbonyl (C=O) groups is 1. The fourth-order valence-corrected chi connectivity index (χ4v) is 4.12. The Balaban J connectivity index is 1.50. The summed E-state index contributed by atoms with van der Waals surface area (Å²) >= 11 is 1.28. The molecule has 4 rings (SSSR count). The molecule has 0 saturated heterocycles. The molecule has 0 fully saturated rings. The van der Waals surface area contributed by atoms with Crippen LogP contribution in [0.2, 0.25) is 0 Å². The summed E-state index contributed by atoms with van der Waals surface area (Å²) in [6.45, 7) is 2.61. The first-order valence-corrected chi connectivity index (χ1v) is 10.1. The summed E-state index contributed by atoms with van der Waals surface area (Å²) in [7, 11) is 1.60. The Bertz CT molecular complexity index is 988. The highest BCUT2D eigenvalue weighted by Gasteiger charge is 2.28. The van der Waals surface area contributed by atoms with Gasteiger partial charge < -0.3 is 14.1 Å². The molecule has 1 amide bonds. The van der Waals surface area contributed by atoms with Crippen LogP contribution in [0.4, 0.5) is 5.69 Å². The Morgan fingerprint density at radius 2 is 1.96 bits per heavy atom. The number of aryl methyl sites for hydroxylation is 1. The molecule has 1 aromatic heterocycles. The number of para-hydroxylation sites is 2. The zero-order valence-corrected chi connectivity index (χ0v) is 16.6. The SMILES string of the molecule is COc1ccccc1-c1nnc(SC(C)C(=O)N2CCCc3ccccc32)o1. The molecule has 2 aromatic carbocycles. The standard InChI is InChI=1S/C21H21N3O3S/c1-14(20(25)24-13-7-9-15-8-3-5-11-17(15)24)28-21-23-22-19(27-21)16-10-4-6-12-18(16)26-2/h3-6,8,10-12,14H,7,9,13H2,1-2H3. The zero-order chi connectivity index (χ0) is 19.5. The van der Waals surface area contributed by atoms with Crippen LogP contribution < -0.4 is 9.64 Å².